The van der Waals surface area contributed by atoms with Crippen LogP contribution in [0.2, 0.25) is 0 Å². The van der Waals surface area contributed by atoms with Gasteiger partial charge >= 0.3 is 0 Å². The van der Waals surface area contributed by atoms with Crippen molar-refractivity contribution in [1.29, 1.82) is 0 Å². The molecule has 0 spiro atoms. The van der Waals surface area contributed by atoms with Crippen LogP contribution < -0.4 is 0 Å². The Morgan fingerprint density at radius 2 is 2.53 bits per heavy atom. The molecule has 1 aromatic rings. The first kappa shape index (κ1) is 12.9. The van der Waals surface area contributed by atoms with Crippen molar-refractivity contribution >= 4 is 34.0 Å². The maximum Gasteiger partial charge on any atom is 0.178 e. The first-order chi connectivity index (χ1) is 7.81. The van der Waals surface area contributed by atoms with Gasteiger partial charge in [0, 0.05) is 25.1 Å². The van der Waals surface area contributed by atoms with Gasteiger partial charge in [0.1, 0.15) is 4.60 Å². The van der Waals surface area contributed by atoms with Gasteiger partial charge in [0.2, 0.25) is 0 Å². The first-order valence-electron chi connectivity index (χ1n) is 5.33. The molecule has 0 aliphatic carbocycles. The molecule has 17 heavy (non-hydrogen) atoms. The lowest BCUT2D eigenvalue weighted by Gasteiger charge is -2.12. The molecule has 5 nitrogen and oxygen atoms in total. The summed E-state index contributed by atoms with van der Waals surface area (Å²) in [7, 11) is 0. The number of nitrogens with zero attached hydrogens (tertiary/aromatic N) is 3. The van der Waals surface area contributed by atoms with E-state index in [-0.39, 0.29) is 12.4 Å². The molecule has 0 saturated carbocycles. The van der Waals surface area contributed by atoms with Gasteiger partial charge in [-0.15, -0.1) is 12.4 Å². The van der Waals surface area contributed by atoms with E-state index < -0.39 is 0 Å². The average molecular weight is 323 g/mol. The molecule has 0 aromatic carbocycles. The molecule has 2 atom stereocenters. The Bertz CT molecular complexity index is 423. The molecular weight excluding hydrogens is 309 g/mol. The first-order valence-corrected chi connectivity index (χ1v) is 6.13. The SMILES string of the molecule is Brc1cc(CON=C2CN3CCC2C3)on1.Cl. The second kappa shape index (κ2) is 5.37. The number of rotatable bonds is 3. The molecule has 94 valence electrons. The summed E-state index contributed by atoms with van der Waals surface area (Å²) < 4.78 is 5.67. The van der Waals surface area contributed by atoms with E-state index in [2.05, 4.69) is 31.1 Å². The van der Waals surface area contributed by atoms with Crippen molar-refractivity contribution in [3.8, 4) is 0 Å². The molecule has 0 amide bonds. The van der Waals surface area contributed by atoms with Crippen LogP contribution in [0.3, 0.4) is 0 Å². The molecule has 3 rings (SSSR count). The minimum absolute atomic E-state index is 0. The third-order valence-corrected chi connectivity index (χ3v) is 3.42. The highest BCUT2D eigenvalue weighted by atomic mass is 79.9. The molecular formula is C10H13BrClN3O2. The van der Waals surface area contributed by atoms with Gasteiger partial charge in [-0.05, 0) is 28.9 Å². The van der Waals surface area contributed by atoms with Crippen molar-refractivity contribution in [3.63, 3.8) is 0 Å². The topological polar surface area (TPSA) is 50.9 Å². The van der Waals surface area contributed by atoms with E-state index in [1.165, 1.54) is 18.7 Å². The molecule has 2 aliphatic heterocycles. The monoisotopic (exact) mass is 321 g/mol. The molecule has 2 saturated heterocycles. The lowest BCUT2D eigenvalue weighted by Crippen LogP contribution is -2.23. The number of halogens is 2. The lowest BCUT2D eigenvalue weighted by atomic mass is 10.0. The zero-order valence-electron chi connectivity index (χ0n) is 9.13. The quantitative estimate of drug-likeness (QED) is 0.799. The molecule has 0 N–H and O–H groups in total. The van der Waals surface area contributed by atoms with Crippen LogP contribution in [0.25, 0.3) is 0 Å². The summed E-state index contributed by atoms with van der Waals surface area (Å²) in [4.78, 5) is 7.68. The predicted octanol–water partition coefficient (Wildman–Crippen LogP) is 2.07. The fourth-order valence-corrected chi connectivity index (χ4v) is 2.57. The van der Waals surface area contributed by atoms with Gasteiger partial charge in [-0.1, -0.05) is 10.3 Å². The van der Waals surface area contributed by atoms with Crippen molar-refractivity contribution in [3.05, 3.63) is 16.4 Å². The molecule has 7 heteroatoms. The van der Waals surface area contributed by atoms with Gasteiger partial charge in [-0.3, -0.25) is 4.90 Å². The summed E-state index contributed by atoms with van der Waals surface area (Å²) in [5, 5.41) is 7.89. The van der Waals surface area contributed by atoms with Crippen molar-refractivity contribution in [2.75, 3.05) is 19.6 Å². The standard InChI is InChI=1S/C10H12BrN3O2.ClH/c11-10-3-8(16-13-10)6-15-12-9-5-14-2-1-7(9)4-14;/h3,7H,1-2,4-6H2;1H. The third kappa shape index (κ3) is 2.81. The van der Waals surface area contributed by atoms with Gasteiger partial charge in [0.15, 0.2) is 12.4 Å². The maximum absolute atomic E-state index is 5.28. The molecule has 1 aromatic heterocycles. The number of hydrogen-bond acceptors (Lipinski definition) is 5. The smallest absolute Gasteiger partial charge is 0.178 e. The average Bonchev–Trinajstić information content (AvgIpc) is 2.94. The second-order valence-corrected chi connectivity index (χ2v) is 5.01. The van der Waals surface area contributed by atoms with Crippen LogP contribution in [0.15, 0.2) is 20.3 Å². The molecule has 2 fully saturated rings. The van der Waals surface area contributed by atoms with Crippen molar-refractivity contribution in [1.82, 2.24) is 10.1 Å². The normalized spacial score (nSPS) is 28.4. The highest BCUT2D eigenvalue weighted by Gasteiger charge is 2.35. The predicted molar refractivity (Wildman–Crippen MR) is 68.2 cm³/mol. The Morgan fingerprint density at radius 3 is 3.12 bits per heavy atom. The van der Waals surface area contributed by atoms with Crippen LogP contribution in [0.5, 0.6) is 0 Å². The number of hydrogen-bond donors (Lipinski definition) is 0. The Morgan fingerprint density at radius 1 is 1.65 bits per heavy atom. The minimum Gasteiger partial charge on any atom is -0.387 e. The fraction of sp³-hybridized carbons (Fsp3) is 0.600. The van der Waals surface area contributed by atoms with Crippen LogP contribution in [0, 0.1) is 5.92 Å². The van der Waals surface area contributed by atoms with Crippen molar-refractivity contribution in [2.24, 2.45) is 11.1 Å². The summed E-state index contributed by atoms with van der Waals surface area (Å²) in [5.74, 6) is 1.29. The van der Waals surface area contributed by atoms with E-state index >= 15 is 0 Å². The lowest BCUT2D eigenvalue weighted by molar-refractivity contribution is 0.107. The number of fused-ring (bicyclic) bond motifs is 2. The Kier molecular flexibility index (Phi) is 4.06. The molecule has 0 radical (unpaired) electrons. The highest BCUT2D eigenvalue weighted by molar-refractivity contribution is 9.10. The minimum atomic E-state index is 0. The summed E-state index contributed by atoms with van der Waals surface area (Å²) >= 11 is 3.21. The second-order valence-electron chi connectivity index (χ2n) is 4.19. The van der Waals surface area contributed by atoms with Crippen molar-refractivity contribution < 1.29 is 9.36 Å². The van der Waals surface area contributed by atoms with E-state index in [0.29, 0.717) is 22.9 Å². The number of piperidine rings is 1. The van der Waals surface area contributed by atoms with E-state index in [0.717, 1.165) is 13.1 Å². The van der Waals surface area contributed by atoms with Gasteiger partial charge in [-0.25, -0.2) is 0 Å². The molecule has 2 aliphatic rings. The fourth-order valence-electron chi connectivity index (χ4n) is 2.24. The Hall–Kier alpha value is -0.590. The van der Waals surface area contributed by atoms with Crippen LogP contribution in [-0.2, 0) is 11.4 Å². The van der Waals surface area contributed by atoms with Gasteiger partial charge < -0.3 is 9.36 Å². The molecule has 3 heterocycles. The zero-order valence-corrected chi connectivity index (χ0v) is 11.5. The van der Waals surface area contributed by atoms with E-state index in [1.807, 2.05) is 0 Å². The van der Waals surface area contributed by atoms with Crippen LogP contribution in [0.1, 0.15) is 12.2 Å². The van der Waals surface area contributed by atoms with E-state index in [9.17, 15) is 0 Å². The van der Waals surface area contributed by atoms with Gasteiger partial charge in [-0.2, -0.15) is 0 Å². The third-order valence-electron chi connectivity index (χ3n) is 3.05. The number of oxime groups is 1. The Balaban J connectivity index is 0.00000108. The van der Waals surface area contributed by atoms with E-state index in [1.54, 1.807) is 6.07 Å². The molecule has 2 unspecified atom stereocenters. The zero-order chi connectivity index (χ0) is 11.0. The van der Waals surface area contributed by atoms with Gasteiger partial charge in [0.25, 0.3) is 0 Å². The van der Waals surface area contributed by atoms with Gasteiger partial charge in [0.05, 0.1) is 5.71 Å². The molecule has 2 bridgehead atoms. The van der Waals surface area contributed by atoms with E-state index in [4.69, 9.17) is 9.36 Å². The summed E-state index contributed by atoms with van der Waals surface area (Å²) in [6.07, 6.45) is 1.22. The van der Waals surface area contributed by atoms with Crippen LogP contribution >= 0.6 is 28.3 Å². The largest absolute Gasteiger partial charge is 0.387 e. The van der Waals surface area contributed by atoms with Crippen LogP contribution in [-0.4, -0.2) is 35.4 Å². The summed E-state index contributed by atoms with van der Waals surface area (Å²) in [6.45, 7) is 3.66. The number of aromatic nitrogens is 1. The highest BCUT2D eigenvalue weighted by Crippen LogP contribution is 2.25. The van der Waals surface area contributed by atoms with Crippen molar-refractivity contribution in [2.45, 2.75) is 13.0 Å². The summed E-state index contributed by atoms with van der Waals surface area (Å²) in [6, 6.07) is 1.78. The maximum atomic E-state index is 5.28. The summed E-state index contributed by atoms with van der Waals surface area (Å²) in [5.41, 5.74) is 1.17. The Labute approximate surface area is 114 Å². The van der Waals surface area contributed by atoms with Crippen LogP contribution in [0.4, 0.5) is 0 Å².